The average molecular weight is 338 g/mol. The van der Waals surface area contributed by atoms with Crippen LogP contribution >= 0.6 is 0 Å². The first-order valence-electron chi connectivity index (χ1n) is 7.30. The third-order valence-electron chi connectivity index (χ3n) is 2.42. The van der Waals surface area contributed by atoms with Crippen LogP contribution in [0.2, 0.25) is 0 Å². The lowest BCUT2D eigenvalue weighted by molar-refractivity contribution is -0.441. The van der Waals surface area contributed by atoms with E-state index in [0.29, 0.717) is 0 Å². The van der Waals surface area contributed by atoms with Gasteiger partial charge in [-0.1, -0.05) is 30.9 Å². The summed E-state index contributed by atoms with van der Waals surface area (Å²) in [6.07, 6.45) is 4.64. The quantitative estimate of drug-likeness (QED) is 0.198. The molecule has 0 spiro atoms. The van der Waals surface area contributed by atoms with Crippen molar-refractivity contribution >= 4 is 5.97 Å². The summed E-state index contributed by atoms with van der Waals surface area (Å²) in [5.41, 5.74) is 0.187. The van der Waals surface area contributed by atoms with E-state index in [2.05, 4.69) is 32.9 Å². The van der Waals surface area contributed by atoms with Crippen LogP contribution in [-0.2, 0) is 28.5 Å². The zero-order chi connectivity index (χ0) is 18.4. The molecule has 0 rings (SSSR count). The van der Waals surface area contributed by atoms with Gasteiger partial charge >= 0.3 is 11.9 Å². The lowest BCUT2D eigenvalue weighted by atomic mass is 10.3. The summed E-state index contributed by atoms with van der Waals surface area (Å²) in [7, 11) is 0. The zero-order valence-electron chi connectivity index (χ0n) is 14.2. The first kappa shape index (κ1) is 22.0. The first-order chi connectivity index (χ1) is 11.5. The van der Waals surface area contributed by atoms with Crippen LogP contribution < -0.4 is 0 Å². The maximum Gasteiger partial charge on any atom is 0.350 e. The van der Waals surface area contributed by atoms with Gasteiger partial charge in [-0.25, -0.2) is 4.79 Å². The zero-order valence-corrected chi connectivity index (χ0v) is 14.2. The van der Waals surface area contributed by atoms with E-state index >= 15 is 0 Å². The van der Waals surface area contributed by atoms with Crippen molar-refractivity contribution in [2.24, 2.45) is 0 Å². The second-order valence-corrected chi connectivity index (χ2v) is 4.54. The number of hydrogen-bond acceptors (Lipinski definition) is 6. The van der Waals surface area contributed by atoms with Crippen LogP contribution in [0, 0.1) is 0 Å². The molecule has 0 aliphatic heterocycles. The number of ether oxygens (including phenoxy) is 5. The van der Waals surface area contributed by atoms with Crippen molar-refractivity contribution in [3.05, 3.63) is 62.8 Å². The monoisotopic (exact) mass is 338 g/mol. The number of esters is 1. The Morgan fingerprint density at radius 3 is 1.67 bits per heavy atom. The van der Waals surface area contributed by atoms with Gasteiger partial charge in [0.15, 0.2) is 0 Å². The van der Waals surface area contributed by atoms with E-state index in [1.54, 1.807) is 0 Å². The summed E-state index contributed by atoms with van der Waals surface area (Å²) in [5.74, 6) is -2.51. The van der Waals surface area contributed by atoms with E-state index < -0.39 is 18.2 Å². The Labute approximate surface area is 143 Å². The maximum absolute atomic E-state index is 11.9. The van der Waals surface area contributed by atoms with Gasteiger partial charge in [-0.3, -0.25) is 0 Å². The molecule has 0 heterocycles. The Morgan fingerprint density at radius 2 is 1.33 bits per heavy atom. The van der Waals surface area contributed by atoms with Gasteiger partial charge in [0.1, 0.15) is 0 Å². The van der Waals surface area contributed by atoms with Crippen molar-refractivity contribution in [3.63, 3.8) is 0 Å². The average Bonchev–Trinajstić information content (AvgIpc) is 2.58. The molecule has 0 bridgehead atoms. The molecule has 0 aliphatic rings. The minimum atomic E-state index is -1.83. The van der Waals surface area contributed by atoms with Gasteiger partial charge < -0.3 is 23.7 Å². The van der Waals surface area contributed by atoms with Crippen LogP contribution in [0.5, 0.6) is 0 Å². The number of rotatable bonds is 15. The van der Waals surface area contributed by atoms with Crippen LogP contribution in [-0.4, -0.2) is 44.7 Å². The summed E-state index contributed by atoms with van der Waals surface area (Å²) in [6, 6.07) is 0. The molecule has 6 nitrogen and oxygen atoms in total. The Kier molecular flexibility index (Phi) is 11.4. The Balaban J connectivity index is 5.64. The van der Waals surface area contributed by atoms with Crippen LogP contribution in [0.25, 0.3) is 0 Å². The predicted molar refractivity (Wildman–Crippen MR) is 92.0 cm³/mol. The Bertz CT molecular complexity index is 423. The summed E-state index contributed by atoms with van der Waals surface area (Å²) < 4.78 is 27.6. The molecular formula is C18H26O6. The molecule has 0 N–H and O–H groups in total. The van der Waals surface area contributed by atoms with Gasteiger partial charge in [0.05, 0.1) is 26.4 Å². The number of carbonyl (C=O) groups excluding carboxylic acids is 1. The highest BCUT2D eigenvalue weighted by molar-refractivity contribution is 5.87. The topological polar surface area (TPSA) is 63.2 Å². The minimum absolute atomic E-state index is 0.0624. The van der Waals surface area contributed by atoms with Crippen molar-refractivity contribution in [1.29, 1.82) is 0 Å². The number of carbonyl (C=O) groups is 1. The molecular weight excluding hydrogens is 312 g/mol. The lowest BCUT2D eigenvalue weighted by Crippen LogP contribution is -2.53. The van der Waals surface area contributed by atoms with Crippen molar-refractivity contribution in [3.8, 4) is 0 Å². The molecule has 24 heavy (non-hydrogen) atoms. The smallest absolute Gasteiger partial charge is 0.350 e. The van der Waals surface area contributed by atoms with Crippen molar-refractivity contribution < 1.29 is 28.5 Å². The first-order valence-corrected chi connectivity index (χ1v) is 7.30. The van der Waals surface area contributed by atoms with E-state index in [1.807, 2.05) is 0 Å². The van der Waals surface area contributed by atoms with E-state index in [0.717, 1.165) is 0 Å². The molecule has 0 aromatic heterocycles. The van der Waals surface area contributed by atoms with Crippen molar-refractivity contribution in [1.82, 2.24) is 0 Å². The highest BCUT2D eigenvalue weighted by Gasteiger charge is 2.47. The summed E-state index contributed by atoms with van der Waals surface area (Å²) in [6.45, 7) is 19.6. The molecule has 1 atom stereocenters. The maximum atomic E-state index is 11.9. The van der Waals surface area contributed by atoms with E-state index in [9.17, 15) is 4.79 Å². The molecule has 6 heteroatoms. The molecule has 0 aromatic carbocycles. The van der Waals surface area contributed by atoms with Gasteiger partial charge in [0.2, 0.25) is 0 Å². The van der Waals surface area contributed by atoms with Gasteiger partial charge in [-0.05, 0) is 6.92 Å². The number of hydrogen-bond donors (Lipinski definition) is 0. The van der Waals surface area contributed by atoms with Crippen LogP contribution in [0.3, 0.4) is 0 Å². The molecule has 0 saturated heterocycles. The molecule has 0 fully saturated rings. The van der Waals surface area contributed by atoms with E-state index in [4.69, 9.17) is 23.7 Å². The fourth-order valence-electron chi connectivity index (χ4n) is 1.42. The van der Waals surface area contributed by atoms with Gasteiger partial charge in [-0.15, -0.1) is 26.3 Å². The summed E-state index contributed by atoms with van der Waals surface area (Å²) in [4.78, 5) is 11.9. The highest BCUT2D eigenvalue weighted by Crippen LogP contribution is 2.26. The normalized spacial score (nSPS) is 12.0. The Hall–Kier alpha value is -1.99. The molecule has 0 aliphatic carbocycles. The standard InChI is InChI=1S/C18H26O6/c1-7-11-20-17(24-16(19)15(5)6)18(21-12-8-2,22-13-9-3)23-14-10-4/h7-10,17H,1-5,11-14H2,6H3. The summed E-state index contributed by atoms with van der Waals surface area (Å²) >= 11 is 0. The van der Waals surface area contributed by atoms with Crippen LogP contribution in [0.1, 0.15) is 6.92 Å². The van der Waals surface area contributed by atoms with Gasteiger partial charge in [-0.2, -0.15) is 0 Å². The van der Waals surface area contributed by atoms with Crippen LogP contribution in [0.15, 0.2) is 62.8 Å². The van der Waals surface area contributed by atoms with Crippen LogP contribution in [0.4, 0.5) is 0 Å². The highest BCUT2D eigenvalue weighted by atomic mass is 16.9. The SMILES string of the molecule is C=CCOC(OC(=O)C(=C)C)C(OCC=C)(OCC=C)OCC=C. The molecule has 134 valence electrons. The second-order valence-electron chi connectivity index (χ2n) is 4.54. The predicted octanol–water partition coefficient (Wildman–Crippen LogP) is 2.90. The Morgan fingerprint density at radius 1 is 0.917 bits per heavy atom. The van der Waals surface area contributed by atoms with E-state index in [1.165, 1.54) is 31.2 Å². The third-order valence-corrected chi connectivity index (χ3v) is 2.42. The fourth-order valence-corrected chi connectivity index (χ4v) is 1.42. The van der Waals surface area contributed by atoms with Crippen molar-refractivity contribution in [2.45, 2.75) is 19.2 Å². The molecule has 0 radical (unpaired) electrons. The fraction of sp³-hybridized carbons (Fsp3) is 0.389. The lowest BCUT2D eigenvalue weighted by Gasteiger charge is -2.37. The molecule has 1 unspecified atom stereocenters. The largest absolute Gasteiger partial charge is 0.423 e. The van der Waals surface area contributed by atoms with Gasteiger partial charge in [0.25, 0.3) is 6.29 Å². The van der Waals surface area contributed by atoms with Crippen molar-refractivity contribution in [2.75, 3.05) is 26.4 Å². The summed E-state index contributed by atoms with van der Waals surface area (Å²) in [5, 5.41) is 0. The second kappa shape index (κ2) is 12.4. The molecule has 0 aromatic rings. The third kappa shape index (κ3) is 7.52. The molecule has 0 saturated carbocycles. The minimum Gasteiger partial charge on any atom is -0.423 e. The van der Waals surface area contributed by atoms with E-state index in [-0.39, 0.29) is 32.0 Å². The van der Waals surface area contributed by atoms with Gasteiger partial charge in [0, 0.05) is 5.57 Å². The molecule has 0 amide bonds.